The Kier molecular flexibility index (Phi) is 5.69. The molecule has 118 valence electrons. The highest BCUT2D eigenvalue weighted by Gasteiger charge is 2.21. The van der Waals surface area contributed by atoms with Crippen molar-refractivity contribution in [2.45, 2.75) is 32.6 Å². The molecule has 0 unspecified atom stereocenters. The van der Waals surface area contributed by atoms with Gasteiger partial charge in [0.05, 0.1) is 6.54 Å². The summed E-state index contributed by atoms with van der Waals surface area (Å²) in [6.45, 7) is 2.00. The Balaban J connectivity index is 2.20. The number of likely N-dealkylation sites (N-methyl/N-ethyl adjacent to an activating group) is 1. The SMILES string of the molecule is CN/C=C\C=C/Cc1nc2c(c(N(C)CC(C)=O)n1)CCC2. The minimum absolute atomic E-state index is 0.145. The van der Waals surface area contributed by atoms with Gasteiger partial charge >= 0.3 is 0 Å². The van der Waals surface area contributed by atoms with E-state index in [1.165, 1.54) is 5.56 Å². The van der Waals surface area contributed by atoms with Crippen LogP contribution in [0.2, 0.25) is 0 Å². The highest BCUT2D eigenvalue weighted by molar-refractivity contribution is 5.80. The summed E-state index contributed by atoms with van der Waals surface area (Å²) in [6, 6.07) is 0. The molecule has 0 fully saturated rings. The van der Waals surface area contributed by atoms with Crippen LogP contribution >= 0.6 is 0 Å². The minimum Gasteiger partial charge on any atom is -0.394 e. The fraction of sp³-hybridized carbons (Fsp3) is 0.471. The van der Waals surface area contributed by atoms with Gasteiger partial charge in [-0.25, -0.2) is 9.97 Å². The van der Waals surface area contributed by atoms with Crippen molar-refractivity contribution in [1.82, 2.24) is 15.3 Å². The van der Waals surface area contributed by atoms with E-state index in [1.54, 1.807) is 6.92 Å². The lowest BCUT2D eigenvalue weighted by molar-refractivity contribution is -0.115. The second kappa shape index (κ2) is 7.73. The molecule has 0 saturated carbocycles. The van der Waals surface area contributed by atoms with Crippen molar-refractivity contribution in [3.63, 3.8) is 0 Å². The predicted molar refractivity (Wildman–Crippen MR) is 89.1 cm³/mol. The number of nitrogens with zero attached hydrogens (tertiary/aromatic N) is 3. The number of anilines is 1. The second-order valence-corrected chi connectivity index (χ2v) is 5.58. The summed E-state index contributed by atoms with van der Waals surface area (Å²) in [7, 11) is 3.79. The number of aryl methyl sites for hydroxylation is 1. The molecule has 0 bridgehead atoms. The van der Waals surface area contributed by atoms with Crippen LogP contribution in [0.25, 0.3) is 0 Å². The van der Waals surface area contributed by atoms with Crippen LogP contribution in [0.4, 0.5) is 5.82 Å². The monoisotopic (exact) mass is 300 g/mol. The summed E-state index contributed by atoms with van der Waals surface area (Å²) in [5, 5.41) is 2.94. The van der Waals surface area contributed by atoms with E-state index < -0.39 is 0 Å². The number of nitrogens with one attached hydrogen (secondary N) is 1. The van der Waals surface area contributed by atoms with E-state index in [9.17, 15) is 4.79 Å². The number of ketones is 1. The molecular formula is C17H24N4O. The van der Waals surface area contributed by atoms with Crippen molar-refractivity contribution < 1.29 is 4.79 Å². The van der Waals surface area contributed by atoms with E-state index in [-0.39, 0.29) is 5.78 Å². The maximum absolute atomic E-state index is 11.4. The lowest BCUT2D eigenvalue weighted by Crippen LogP contribution is -2.26. The lowest BCUT2D eigenvalue weighted by atomic mass is 10.2. The predicted octanol–water partition coefficient (Wildman–Crippen LogP) is 1.82. The fourth-order valence-electron chi connectivity index (χ4n) is 2.68. The van der Waals surface area contributed by atoms with Crippen LogP contribution in [0.5, 0.6) is 0 Å². The third kappa shape index (κ3) is 4.16. The van der Waals surface area contributed by atoms with Crippen molar-refractivity contribution in [1.29, 1.82) is 0 Å². The standard InChI is InChI=1S/C17H24N4O/c1-13(22)12-21(3)17-14-8-7-9-15(14)19-16(20-17)10-5-4-6-11-18-2/h4-6,11,18H,7-10,12H2,1-3H3/b5-4-,11-6-. The van der Waals surface area contributed by atoms with Crippen LogP contribution in [-0.2, 0) is 24.1 Å². The number of rotatable bonds is 7. The van der Waals surface area contributed by atoms with Gasteiger partial charge in [-0.1, -0.05) is 12.2 Å². The van der Waals surface area contributed by atoms with Gasteiger partial charge in [0.25, 0.3) is 0 Å². The van der Waals surface area contributed by atoms with Gasteiger partial charge in [-0.2, -0.15) is 0 Å². The Morgan fingerprint density at radius 1 is 1.32 bits per heavy atom. The number of carbonyl (C=O) groups is 1. The van der Waals surface area contributed by atoms with E-state index in [2.05, 4.69) is 15.3 Å². The van der Waals surface area contributed by atoms with Crippen molar-refractivity contribution in [2.75, 3.05) is 25.5 Å². The third-order valence-corrected chi connectivity index (χ3v) is 3.59. The largest absolute Gasteiger partial charge is 0.394 e. The first-order chi connectivity index (χ1) is 10.6. The van der Waals surface area contributed by atoms with E-state index in [4.69, 9.17) is 0 Å². The topological polar surface area (TPSA) is 58.1 Å². The van der Waals surface area contributed by atoms with Crippen LogP contribution in [0, 0.1) is 0 Å². The molecule has 1 aromatic heterocycles. The number of aromatic nitrogens is 2. The first-order valence-corrected chi connectivity index (χ1v) is 7.70. The van der Waals surface area contributed by atoms with E-state index in [0.29, 0.717) is 13.0 Å². The van der Waals surface area contributed by atoms with Gasteiger partial charge in [0.1, 0.15) is 17.4 Å². The number of Topliss-reactive ketones (excluding diaryl/α,β-unsaturated/α-hetero) is 1. The Labute approximate surface area is 132 Å². The van der Waals surface area contributed by atoms with E-state index >= 15 is 0 Å². The molecule has 1 heterocycles. The van der Waals surface area contributed by atoms with Gasteiger partial charge in [0.15, 0.2) is 0 Å². The van der Waals surface area contributed by atoms with Crippen LogP contribution in [0.1, 0.15) is 30.4 Å². The third-order valence-electron chi connectivity index (χ3n) is 3.59. The molecule has 5 nitrogen and oxygen atoms in total. The molecule has 1 aliphatic carbocycles. The molecule has 1 aromatic rings. The zero-order valence-corrected chi connectivity index (χ0v) is 13.6. The average Bonchev–Trinajstić information content (AvgIpc) is 2.93. The highest BCUT2D eigenvalue weighted by atomic mass is 16.1. The first-order valence-electron chi connectivity index (χ1n) is 7.70. The maximum Gasteiger partial charge on any atom is 0.149 e. The molecule has 0 aromatic carbocycles. The van der Waals surface area contributed by atoms with Gasteiger partial charge in [-0.05, 0) is 38.5 Å². The summed E-state index contributed by atoms with van der Waals surface area (Å²) in [6.07, 6.45) is 11.7. The van der Waals surface area contributed by atoms with Crippen LogP contribution in [-0.4, -0.2) is 36.4 Å². The number of fused-ring (bicyclic) bond motifs is 1. The Morgan fingerprint density at radius 2 is 2.14 bits per heavy atom. The molecule has 22 heavy (non-hydrogen) atoms. The fourth-order valence-corrected chi connectivity index (χ4v) is 2.68. The summed E-state index contributed by atoms with van der Waals surface area (Å²) < 4.78 is 0. The van der Waals surface area contributed by atoms with Gasteiger partial charge in [-0.15, -0.1) is 0 Å². The van der Waals surface area contributed by atoms with Gasteiger partial charge in [0.2, 0.25) is 0 Å². The van der Waals surface area contributed by atoms with Crippen LogP contribution in [0.3, 0.4) is 0 Å². The molecule has 1 aliphatic rings. The average molecular weight is 300 g/mol. The number of allylic oxidation sites excluding steroid dienone is 3. The molecule has 5 heteroatoms. The molecule has 0 spiro atoms. The second-order valence-electron chi connectivity index (χ2n) is 5.58. The summed E-state index contributed by atoms with van der Waals surface area (Å²) in [5.41, 5.74) is 2.36. The normalized spacial score (nSPS) is 13.8. The van der Waals surface area contributed by atoms with Crippen molar-refractivity contribution in [3.05, 3.63) is 41.5 Å². The number of hydrogen-bond acceptors (Lipinski definition) is 5. The van der Waals surface area contributed by atoms with Crippen molar-refractivity contribution in [3.8, 4) is 0 Å². The van der Waals surface area contributed by atoms with E-state index in [0.717, 1.165) is 36.6 Å². The maximum atomic E-state index is 11.4. The summed E-state index contributed by atoms with van der Waals surface area (Å²) >= 11 is 0. The molecule has 0 aliphatic heterocycles. The molecular weight excluding hydrogens is 276 g/mol. The highest BCUT2D eigenvalue weighted by Crippen LogP contribution is 2.28. The summed E-state index contributed by atoms with van der Waals surface area (Å²) in [5.74, 6) is 1.89. The molecule has 2 rings (SSSR count). The molecule has 1 N–H and O–H groups in total. The zero-order valence-electron chi connectivity index (χ0n) is 13.6. The van der Waals surface area contributed by atoms with Gasteiger partial charge in [-0.3, -0.25) is 4.79 Å². The minimum atomic E-state index is 0.145. The quantitative estimate of drug-likeness (QED) is 0.779. The first kappa shape index (κ1) is 16.2. The smallest absolute Gasteiger partial charge is 0.149 e. The van der Waals surface area contributed by atoms with Crippen LogP contribution < -0.4 is 10.2 Å². The number of carbonyl (C=O) groups excluding carboxylic acids is 1. The van der Waals surface area contributed by atoms with Gasteiger partial charge < -0.3 is 10.2 Å². The Hall–Kier alpha value is -2.17. The molecule has 0 saturated heterocycles. The molecule has 0 amide bonds. The van der Waals surface area contributed by atoms with Gasteiger partial charge in [0, 0.05) is 31.8 Å². The van der Waals surface area contributed by atoms with Crippen LogP contribution in [0.15, 0.2) is 24.4 Å². The van der Waals surface area contributed by atoms with E-state index in [1.807, 2.05) is 43.4 Å². The lowest BCUT2D eigenvalue weighted by Gasteiger charge is -2.20. The molecule has 0 atom stereocenters. The summed E-state index contributed by atoms with van der Waals surface area (Å²) in [4.78, 5) is 22.7. The Morgan fingerprint density at radius 3 is 2.86 bits per heavy atom. The molecule has 0 radical (unpaired) electrons. The zero-order chi connectivity index (χ0) is 15.9. The Bertz CT molecular complexity index is 593. The van der Waals surface area contributed by atoms with Crippen molar-refractivity contribution >= 4 is 11.6 Å². The van der Waals surface area contributed by atoms with Crippen molar-refractivity contribution in [2.24, 2.45) is 0 Å². The number of hydrogen-bond donors (Lipinski definition) is 1.